The molecule has 0 radical (unpaired) electrons. The lowest BCUT2D eigenvalue weighted by molar-refractivity contribution is 0.593. The van der Waals surface area contributed by atoms with E-state index in [0.29, 0.717) is 0 Å². The van der Waals surface area contributed by atoms with Gasteiger partial charge in [0, 0.05) is 18.8 Å². The number of aryl methyl sites for hydroxylation is 1. The Morgan fingerprint density at radius 2 is 2.22 bits per heavy atom. The zero-order valence-electron chi connectivity index (χ0n) is 11.2. The van der Waals surface area contributed by atoms with Gasteiger partial charge in [-0.2, -0.15) is 0 Å². The second kappa shape index (κ2) is 5.75. The van der Waals surface area contributed by atoms with E-state index in [1.54, 1.807) is 0 Å². The first kappa shape index (κ1) is 12.0. The zero-order valence-corrected chi connectivity index (χ0v) is 11.2. The van der Waals surface area contributed by atoms with E-state index >= 15 is 0 Å². The van der Waals surface area contributed by atoms with Crippen LogP contribution >= 0.6 is 0 Å². The highest BCUT2D eigenvalue weighted by atomic mass is 14.9. The van der Waals surface area contributed by atoms with Crippen LogP contribution in [0.15, 0.2) is 18.2 Å². The first-order chi connectivity index (χ1) is 8.93. The van der Waals surface area contributed by atoms with Gasteiger partial charge in [0.15, 0.2) is 0 Å². The van der Waals surface area contributed by atoms with Crippen LogP contribution in [0.5, 0.6) is 0 Å². The van der Waals surface area contributed by atoms with Crippen LogP contribution in [-0.2, 0) is 13.0 Å². The van der Waals surface area contributed by atoms with Crippen LogP contribution in [0.25, 0.3) is 0 Å². The molecule has 0 unspecified atom stereocenters. The third-order valence-corrected chi connectivity index (χ3v) is 4.14. The van der Waals surface area contributed by atoms with Crippen LogP contribution in [0, 0.1) is 5.92 Å². The number of hydrogen-bond acceptors (Lipinski definition) is 2. The van der Waals surface area contributed by atoms with Gasteiger partial charge in [-0.05, 0) is 49.3 Å². The molecular formula is C16H24N2. The fourth-order valence-corrected chi connectivity index (χ4v) is 2.87. The molecule has 0 spiro atoms. The van der Waals surface area contributed by atoms with Gasteiger partial charge in [-0.15, -0.1) is 0 Å². The third-order valence-electron chi connectivity index (χ3n) is 4.14. The molecule has 2 N–H and O–H groups in total. The van der Waals surface area contributed by atoms with Gasteiger partial charge >= 0.3 is 0 Å². The minimum absolute atomic E-state index is 1.01. The first-order valence-electron chi connectivity index (χ1n) is 7.49. The van der Waals surface area contributed by atoms with Crippen LogP contribution in [0.2, 0.25) is 0 Å². The van der Waals surface area contributed by atoms with Crippen molar-refractivity contribution in [3.63, 3.8) is 0 Å². The van der Waals surface area contributed by atoms with E-state index in [1.807, 2.05) is 0 Å². The lowest BCUT2D eigenvalue weighted by Crippen LogP contribution is -2.19. The summed E-state index contributed by atoms with van der Waals surface area (Å²) < 4.78 is 0. The SMILES string of the molecule is c1cc2c(c(CNCCCC3CC3)c1)NCCC2. The number of hydrogen-bond donors (Lipinski definition) is 2. The fourth-order valence-electron chi connectivity index (χ4n) is 2.87. The Kier molecular flexibility index (Phi) is 3.84. The first-order valence-corrected chi connectivity index (χ1v) is 7.49. The molecule has 0 bridgehead atoms. The Bertz CT molecular complexity index is 396. The normalized spacial score (nSPS) is 18.2. The van der Waals surface area contributed by atoms with Crippen molar-refractivity contribution in [3.05, 3.63) is 29.3 Å². The van der Waals surface area contributed by atoms with Crippen molar-refractivity contribution in [2.75, 3.05) is 18.4 Å². The standard InChI is InChI=1S/C16H24N2/c1-5-14-7-3-11-18-16(14)15(6-1)12-17-10-2-4-13-8-9-13/h1,5-6,13,17-18H,2-4,7-12H2. The summed E-state index contributed by atoms with van der Waals surface area (Å²) in [5.41, 5.74) is 4.34. The minimum atomic E-state index is 1.01. The van der Waals surface area contributed by atoms with Crippen LogP contribution in [-0.4, -0.2) is 13.1 Å². The van der Waals surface area contributed by atoms with Crippen molar-refractivity contribution in [1.29, 1.82) is 0 Å². The van der Waals surface area contributed by atoms with Gasteiger partial charge in [0.1, 0.15) is 0 Å². The van der Waals surface area contributed by atoms with Gasteiger partial charge in [0.25, 0.3) is 0 Å². The van der Waals surface area contributed by atoms with E-state index in [-0.39, 0.29) is 0 Å². The Balaban J connectivity index is 1.48. The highest BCUT2D eigenvalue weighted by Gasteiger charge is 2.19. The Hall–Kier alpha value is -1.02. The van der Waals surface area contributed by atoms with E-state index in [4.69, 9.17) is 0 Å². The molecule has 1 heterocycles. The molecule has 18 heavy (non-hydrogen) atoms. The molecular weight excluding hydrogens is 220 g/mol. The Morgan fingerprint density at radius 1 is 1.28 bits per heavy atom. The quantitative estimate of drug-likeness (QED) is 0.750. The lowest BCUT2D eigenvalue weighted by Gasteiger charge is -2.21. The highest BCUT2D eigenvalue weighted by Crippen LogP contribution is 2.33. The summed E-state index contributed by atoms with van der Waals surface area (Å²) in [7, 11) is 0. The number of benzene rings is 1. The van der Waals surface area contributed by atoms with E-state index in [9.17, 15) is 0 Å². The van der Waals surface area contributed by atoms with Gasteiger partial charge in [-0.25, -0.2) is 0 Å². The van der Waals surface area contributed by atoms with Crippen molar-refractivity contribution in [1.82, 2.24) is 5.32 Å². The molecule has 3 rings (SSSR count). The zero-order chi connectivity index (χ0) is 12.2. The van der Waals surface area contributed by atoms with Gasteiger partial charge in [-0.3, -0.25) is 0 Å². The number of anilines is 1. The second-order valence-corrected chi connectivity index (χ2v) is 5.74. The van der Waals surface area contributed by atoms with Gasteiger partial charge in [-0.1, -0.05) is 31.0 Å². The Labute approximate surface area is 110 Å². The van der Waals surface area contributed by atoms with E-state index in [0.717, 1.165) is 19.0 Å². The molecule has 0 amide bonds. The summed E-state index contributed by atoms with van der Waals surface area (Å²) in [6.07, 6.45) is 8.24. The smallest absolute Gasteiger partial charge is 0.0418 e. The average molecular weight is 244 g/mol. The van der Waals surface area contributed by atoms with Crippen LogP contribution in [0.1, 0.15) is 43.2 Å². The van der Waals surface area contributed by atoms with Gasteiger partial charge in [0.2, 0.25) is 0 Å². The summed E-state index contributed by atoms with van der Waals surface area (Å²) in [6, 6.07) is 6.72. The summed E-state index contributed by atoms with van der Waals surface area (Å²) >= 11 is 0. The van der Waals surface area contributed by atoms with Gasteiger partial charge in [0.05, 0.1) is 0 Å². The largest absolute Gasteiger partial charge is 0.385 e. The topological polar surface area (TPSA) is 24.1 Å². The molecule has 0 aromatic heterocycles. The number of para-hydroxylation sites is 1. The predicted molar refractivity (Wildman–Crippen MR) is 76.9 cm³/mol. The van der Waals surface area contributed by atoms with Crippen molar-refractivity contribution >= 4 is 5.69 Å². The molecule has 0 saturated heterocycles. The Morgan fingerprint density at radius 3 is 3.11 bits per heavy atom. The molecule has 1 aromatic rings. The van der Waals surface area contributed by atoms with Crippen LogP contribution in [0.3, 0.4) is 0 Å². The minimum Gasteiger partial charge on any atom is -0.385 e. The molecule has 1 aliphatic carbocycles. The maximum atomic E-state index is 3.59. The van der Waals surface area contributed by atoms with E-state index in [2.05, 4.69) is 28.8 Å². The van der Waals surface area contributed by atoms with Gasteiger partial charge < -0.3 is 10.6 Å². The molecule has 2 nitrogen and oxygen atoms in total. The number of fused-ring (bicyclic) bond motifs is 1. The van der Waals surface area contributed by atoms with E-state index < -0.39 is 0 Å². The summed E-state index contributed by atoms with van der Waals surface area (Å²) in [6.45, 7) is 3.31. The molecule has 2 aliphatic rings. The monoisotopic (exact) mass is 244 g/mol. The molecule has 1 fully saturated rings. The van der Waals surface area contributed by atoms with Crippen molar-refractivity contribution in [3.8, 4) is 0 Å². The highest BCUT2D eigenvalue weighted by molar-refractivity contribution is 5.59. The third kappa shape index (κ3) is 3.05. The van der Waals surface area contributed by atoms with Crippen molar-refractivity contribution in [2.45, 2.75) is 45.1 Å². The fraction of sp³-hybridized carbons (Fsp3) is 0.625. The molecule has 0 atom stereocenters. The van der Waals surface area contributed by atoms with Crippen molar-refractivity contribution < 1.29 is 0 Å². The molecule has 1 saturated carbocycles. The number of rotatable bonds is 6. The maximum Gasteiger partial charge on any atom is 0.0418 e. The molecule has 2 heteroatoms. The summed E-state index contributed by atoms with van der Waals surface area (Å²) in [5, 5.41) is 7.16. The lowest BCUT2D eigenvalue weighted by atomic mass is 9.99. The molecule has 98 valence electrons. The van der Waals surface area contributed by atoms with Crippen molar-refractivity contribution in [2.24, 2.45) is 5.92 Å². The maximum absolute atomic E-state index is 3.59. The average Bonchev–Trinajstić information content (AvgIpc) is 3.23. The second-order valence-electron chi connectivity index (χ2n) is 5.74. The molecule has 1 aliphatic heterocycles. The number of nitrogens with one attached hydrogen (secondary N) is 2. The summed E-state index contributed by atoms with van der Waals surface area (Å²) in [4.78, 5) is 0. The van der Waals surface area contributed by atoms with Crippen LogP contribution < -0.4 is 10.6 Å². The van der Waals surface area contributed by atoms with Crippen LogP contribution in [0.4, 0.5) is 5.69 Å². The van der Waals surface area contributed by atoms with E-state index in [1.165, 1.54) is 61.9 Å². The summed E-state index contributed by atoms with van der Waals surface area (Å²) in [5.74, 6) is 1.07. The molecule has 1 aromatic carbocycles. The predicted octanol–water partition coefficient (Wildman–Crippen LogP) is 3.32.